The van der Waals surface area contributed by atoms with Gasteiger partial charge < -0.3 is 10.6 Å². The number of unbranched alkanes of at least 4 members (excludes halogenated alkanes) is 2. The van der Waals surface area contributed by atoms with Gasteiger partial charge >= 0.3 is 0 Å². The Morgan fingerprint density at radius 1 is 1.31 bits per heavy atom. The molecule has 1 saturated heterocycles. The second-order valence-electron chi connectivity index (χ2n) is 5.17. The quantitative estimate of drug-likeness (QED) is 0.730. The molecule has 0 radical (unpaired) electrons. The van der Waals surface area contributed by atoms with Gasteiger partial charge in [-0.15, -0.1) is 0 Å². The highest BCUT2D eigenvalue weighted by Crippen LogP contribution is 2.23. The monoisotopic (exact) mass is 226 g/mol. The highest BCUT2D eigenvalue weighted by molar-refractivity contribution is 5.76. The fourth-order valence-corrected chi connectivity index (χ4v) is 2.52. The van der Waals surface area contributed by atoms with E-state index in [1.54, 1.807) is 0 Å². The fraction of sp³-hybridized carbons (Fsp3) is 0.923. The summed E-state index contributed by atoms with van der Waals surface area (Å²) >= 11 is 0. The molecule has 1 heterocycles. The molecular weight excluding hydrogens is 200 g/mol. The van der Waals surface area contributed by atoms with Gasteiger partial charge in [0.15, 0.2) is 0 Å². The summed E-state index contributed by atoms with van der Waals surface area (Å²) in [6, 6.07) is 0.436. The van der Waals surface area contributed by atoms with Gasteiger partial charge in [0, 0.05) is 19.0 Å². The molecule has 2 unspecified atom stereocenters. The van der Waals surface area contributed by atoms with Gasteiger partial charge in [-0.2, -0.15) is 0 Å². The van der Waals surface area contributed by atoms with E-state index in [1.165, 1.54) is 6.42 Å². The molecule has 0 aromatic heterocycles. The summed E-state index contributed by atoms with van der Waals surface area (Å²) in [6.45, 7) is 6.15. The van der Waals surface area contributed by atoms with Crippen LogP contribution in [0.2, 0.25) is 0 Å². The molecule has 2 N–H and O–H groups in total. The van der Waals surface area contributed by atoms with Crippen LogP contribution in [0.4, 0.5) is 0 Å². The van der Waals surface area contributed by atoms with Gasteiger partial charge in [-0.3, -0.25) is 4.79 Å². The number of carbonyl (C=O) groups is 1. The molecular formula is C13H26N2O. The lowest BCUT2D eigenvalue weighted by atomic mass is 9.93. The van der Waals surface area contributed by atoms with Crippen LogP contribution >= 0.6 is 0 Å². The maximum atomic E-state index is 12.0. The number of hydrogen-bond acceptors (Lipinski definition) is 2. The van der Waals surface area contributed by atoms with Gasteiger partial charge in [0.1, 0.15) is 0 Å². The standard InChI is InChI=1S/C13H26N2O/c1-11-7-9-15(12(2)10-11)13(16)6-4-3-5-8-14/h11-12H,3-10,14H2,1-2H3. The number of hydrogen-bond donors (Lipinski definition) is 1. The van der Waals surface area contributed by atoms with Crippen molar-refractivity contribution in [2.45, 2.75) is 58.4 Å². The van der Waals surface area contributed by atoms with Crippen molar-refractivity contribution in [3.63, 3.8) is 0 Å². The predicted octanol–water partition coefficient (Wildman–Crippen LogP) is 2.15. The lowest BCUT2D eigenvalue weighted by Gasteiger charge is -2.36. The molecule has 0 saturated carbocycles. The van der Waals surface area contributed by atoms with Gasteiger partial charge in [-0.1, -0.05) is 13.3 Å². The Morgan fingerprint density at radius 2 is 2.06 bits per heavy atom. The van der Waals surface area contributed by atoms with E-state index in [2.05, 4.69) is 18.7 Å². The Kier molecular flexibility index (Phi) is 5.81. The molecule has 1 rings (SSSR count). The summed E-state index contributed by atoms with van der Waals surface area (Å²) in [5.41, 5.74) is 5.43. The van der Waals surface area contributed by atoms with Crippen LogP contribution in [0.5, 0.6) is 0 Å². The summed E-state index contributed by atoms with van der Waals surface area (Å²) in [5.74, 6) is 1.12. The third-order valence-electron chi connectivity index (χ3n) is 3.55. The summed E-state index contributed by atoms with van der Waals surface area (Å²) in [7, 11) is 0. The highest BCUT2D eigenvalue weighted by Gasteiger charge is 2.25. The summed E-state index contributed by atoms with van der Waals surface area (Å²) in [5, 5.41) is 0. The summed E-state index contributed by atoms with van der Waals surface area (Å²) in [4.78, 5) is 14.0. The molecule has 0 aromatic carbocycles. The molecule has 1 fully saturated rings. The minimum atomic E-state index is 0.344. The minimum Gasteiger partial charge on any atom is -0.340 e. The molecule has 1 aliphatic rings. The van der Waals surface area contributed by atoms with Crippen molar-refractivity contribution in [3.05, 3.63) is 0 Å². The number of amides is 1. The average molecular weight is 226 g/mol. The molecule has 3 heteroatoms. The smallest absolute Gasteiger partial charge is 0.222 e. The van der Waals surface area contributed by atoms with Crippen molar-refractivity contribution in [2.24, 2.45) is 11.7 Å². The number of rotatable bonds is 5. The molecule has 1 amide bonds. The van der Waals surface area contributed by atoms with Crippen molar-refractivity contribution >= 4 is 5.91 Å². The van der Waals surface area contributed by atoms with Crippen LogP contribution in [-0.4, -0.2) is 29.9 Å². The molecule has 3 nitrogen and oxygen atoms in total. The maximum Gasteiger partial charge on any atom is 0.222 e. The molecule has 94 valence electrons. The van der Waals surface area contributed by atoms with Crippen LogP contribution in [0.1, 0.15) is 52.4 Å². The second kappa shape index (κ2) is 6.89. The highest BCUT2D eigenvalue weighted by atomic mass is 16.2. The van der Waals surface area contributed by atoms with E-state index in [0.29, 0.717) is 18.4 Å². The number of nitrogens with zero attached hydrogens (tertiary/aromatic N) is 1. The number of piperidine rings is 1. The van der Waals surface area contributed by atoms with Gasteiger partial charge in [0.05, 0.1) is 0 Å². The summed E-state index contributed by atoms with van der Waals surface area (Å²) < 4.78 is 0. The van der Waals surface area contributed by atoms with Crippen LogP contribution in [0.3, 0.4) is 0 Å². The molecule has 0 aliphatic carbocycles. The minimum absolute atomic E-state index is 0.344. The van der Waals surface area contributed by atoms with Crippen molar-refractivity contribution < 1.29 is 4.79 Å². The van der Waals surface area contributed by atoms with Gasteiger partial charge in [0.2, 0.25) is 5.91 Å². The first-order chi connectivity index (χ1) is 7.65. The second-order valence-corrected chi connectivity index (χ2v) is 5.17. The molecule has 1 aliphatic heterocycles. The Morgan fingerprint density at radius 3 is 2.69 bits per heavy atom. The van der Waals surface area contributed by atoms with E-state index < -0.39 is 0 Å². The lowest BCUT2D eigenvalue weighted by Crippen LogP contribution is -2.44. The Balaban J connectivity index is 2.25. The predicted molar refractivity (Wildman–Crippen MR) is 67.1 cm³/mol. The van der Waals surface area contributed by atoms with Crippen molar-refractivity contribution in [1.29, 1.82) is 0 Å². The first-order valence-electron chi connectivity index (χ1n) is 6.64. The largest absolute Gasteiger partial charge is 0.340 e. The van der Waals surface area contributed by atoms with E-state index in [-0.39, 0.29) is 0 Å². The van der Waals surface area contributed by atoms with E-state index in [0.717, 1.165) is 44.7 Å². The SMILES string of the molecule is CC1CCN(C(=O)CCCCCN)C(C)C1. The zero-order valence-corrected chi connectivity index (χ0v) is 10.7. The molecule has 0 bridgehead atoms. The Labute approximate surface area is 99.4 Å². The molecule has 0 spiro atoms. The van der Waals surface area contributed by atoms with Gasteiger partial charge in [-0.25, -0.2) is 0 Å². The number of carbonyl (C=O) groups excluding carboxylic acids is 1. The van der Waals surface area contributed by atoms with Crippen LogP contribution in [0.15, 0.2) is 0 Å². The first kappa shape index (κ1) is 13.5. The maximum absolute atomic E-state index is 12.0. The topological polar surface area (TPSA) is 46.3 Å². The van der Waals surface area contributed by atoms with E-state index in [9.17, 15) is 4.79 Å². The lowest BCUT2D eigenvalue weighted by molar-refractivity contribution is -0.135. The normalized spacial score (nSPS) is 25.8. The van der Waals surface area contributed by atoms with E-state index in [4.69, 9.17) is 5.73 Å². The zero-order valence-electron chi connectivity index (χ0n) is 10.7. The third-order valence-corrected chi connectivity index (χ3v) is 3.55. The van der Waals surface area contributed by atoms with E-state index in [1.807, 2.05) is 0 Å². The fourth-order valence-electron chi connectivity index (χ4n) is 2.52. The van der Waals surface area contributed by atoms with Crippen molar-refractivity contribution in [2.75, 3.05) is 13.1 Å². The Bertz CT molecular complexity index is 218. The molecule has 2 atom stereocenters. The van der Waals surface area contributed by atoms with Crippen LogP contribution in [0.25, 0.3) is 0 Å². The van der Waals surface area contributed by atoms with Crippen LogP contribution < -0.4 is 5.73 Å². The van der Waals surface area contributed by atoms with Gasteiger partial charge in [0.25, 0.3) is 0 Å². The van der Waals surface area contributed by atoms with E-state index >= 15 is 0 Å². The molecule has 16 heavy (non-hydrogen) atoms. The van der Waals surface area contributed by atoms with Gasteiger partial charge in [-0.05, 0) is 45.1 Å². The van der Waals surface area contributed by atoms with Crippen molar-refractivity contribution in [3.8, 4) is 0 Å². The number of nitrogens with two attached hydrogens (primary N) is 1. The third kappa shape index (κ3) is 4.12. The number of likely N-dealkylation sites (tertiary alicyclic amines) is 1. The van der Waals surface area contributed by atoms with Crippen LogP contribution in [-0.2, 0) is 4.79 Å². The Hall–Kier alpha value is -0.570. The van der Waals surface area contributed by atoms with Crippen molar-refractivity contribution in [1.82, 2.24) is 4.90 Å². The van der Waals surface area contributed by atoms with Crippen LogP contribution in [0, 0.1) is 5.92 Å². The average Bonchev–Trinajstić information content (AvgIpc) is 2.24. The first-order valence-corrected chi connectivity index (χ1v) is 6.64. The summed E-state index contributed by atoms with van der Waals surface area (Å²) in [6.07, 6.45) is 6.15. The molecule has 0 aromatic rings. The zero-order chi connectivity index (χ0) is 12.0.